The Kier molecular flexibility index (Phi) is 3.72. The zero-order chi connectivity index (χ0) is 13.1. The number of hydrogen-bond donors (Lipinski definition) is 4. The molecule has 0 saturated carbocycles. The zero-order valence-corrected chi connectivity index (χ0v) is 10.3. The van der Waals surface area contributed by atoms with Crippen molar-refractivity contribution in [2.75, 3.05) is 13.1 Å². The van der Waals surface area contributed by atoms with Crippen molar-refractivity contribution >= 4 is 5.91 Å². The number of phenols is 2. The molecule has 1 amide bonds. The van der Waals surface area contributed by atoms with E-state index in [1.807, 2.05) is 0 Å². The average Bonchev–Trinajstić information content (AvgIpc) is 2.35. The number of piperidine rings is 1. The van der Waals surface area contributed by atoms with E-state index in [0.717, 1.165) is 19.5 Å². The summed E-state index contributed by atoms with van der Waals surface area (Å²) in [5.41, 5.74) is 0.104. The SMILES string of the molecule is CC1CCNCC1NC(=O)c1cc(O)ccc1O. The van der Waals surface area contributed by atoms with Crippen molar-refractivity contribution in [2.24, 2.45) is 5.92 Å². The lowest BCUT2D eigenvalue weighted by molar-refractivity contribution is 0.0912. The van der Waals surface area contributed by atoms with Crippen LogP contribution in [0.4, 0.5) is 0 Å². The van der Waals surface area contributed by atoms with Gasteiger partial charge >= 0.3 is 0 Å². The Bertz CT molecular complexity index is 448. The molecular formula is C13H18N2O3. The van der Waals surface area contributed by atoms with Crippen LogP contribution >= 0.6 is 0 Å². The number of phenolic OH excluding ortho intramolecular Hbond substituents is 2. The van der Waals surface area contributed by atoms with Gasteiger partial charge in [0.15, 0.2) is 0 Å². The van der Waals surface area contributed by atoms with Crippen molar-refractivity contribution in [3.8, 4) is 11.5 Å². The highest BCUT2D eigenvalue weighted by Gasteiger charge is 2.24. The first-order valence-electron chi connectivity index (χ1n) is 6.11. The van der Waals surface area contributed by atoms with Gasteiger partial charge in [-0.2, -0.15) is 0 Å². The third-order valence-electron chi connectivity index (χ3n) is 3.37. The molecule has 1 saturated heterocycles. The van der Waals surface area contributed by atoms with E-state index in [-0.39, 0.29) is 29.0 Å². The lowest BCUT2D eigenvalue weighted by Gasteiger charge is -2.30. The minimum absolute atomic E-state index is 0.0345. The van der Waals surface area contributed by atoms with E-state index in [4.69, 9.17) is 0 Å². The largest absolute Gasteiger partial charge is 0.508 e. The number of benzene rings is 1. The molecule has 5 heteroatoms. The molecule has 1 aromatic rings. The van der Waals surface area contributed by atoms with Crippen LogP contribution in [0, 0.1) is 5.92 Å². The van der Waals surface area contributed by atoms with Gasteiger partial charge in [0.25, 0.3) is 5.91 Å². The van der Waals surface area contributed by atoms with Crippen molar-refractivity contribution in [3.63, 3.8) is 0 Å². The summed E-state index contributed by atoms with van der Waals surface area (Å²) in [6.45, 7) is 3.78. The van der Waals surface area contributed by atoms with Gasteiger partial charge in [0.2, 0.25) is 0 Å². The van der Waals surface area contributed by atoms with Crippen LogP contribution in [-0.2, 0) is 0 Å². The Labute approximate surface area is 106 Å². The fraction of sp³-hybridized carbons (Fsp3) is 0.462. The highest BCUT2D eigenvalue weighted by molar-refractivity contribution is 5.97. The molecule has 2 rings (SSSR count). The summed E-state index contributed by atoms with van der Waals surface area (Å²) in [5, 5.41) is 25.1. The molecule has 0 aromatic heterocycles. The van der Waals surface area contributed by atoms with E-state index in [0.29, 0.717) is 5.92 Å². The van der Waals surface area contributed by atoms with E-state index >= 15 is 0 Å². The van der Waals surface area contributed by atoms with Crippen LogP contribution in [0.1, 0.15) is 23.7 Å². The Balaban J connectivity index is 2.09. The highest BCUT2D eigenvalue weighted by Crippen LogP contribution is 2.22. The Morgan fingerprint density at radius 3 is 2.94 bits per heavy atom. The molecule has 1 heterocycles. The van der Waals surface area contributed by atoms with Crippen LogP contribution < -0.4 is 10.6 Å². The second kappa shape index (κ2) is 5.27. The number of nitrogens with one attached hydrogen (secondary N) is 2. The predicted molar refractivity (Wildman–Crippen MR) is 67.7 cm³/mol. The molecule has 98 valence electrons. The third kappa shape index (κ3) is 2.73. The lowest BCUT2D eigenvalue weighted by Crippen LogP contribution is -2.50. The zero-order valence-electron chi connectivity index (χ0n) is 10.3. The Morgan fingerprint density at radius 1 is 1.44 bits per heavy atom. The summed E-state index contributed by atoms with van der Waals surface area (Å²) in [7, 11) is 0. The monoisotopic (exact) mass is 250 g/mol. The normalized spacial score (nSPS) is 23.6. The molecule has 5 nitrogen and oxygen atoms in total. The van der Waals surface area contributed by atoms with Crippen LogP contribution in [0.2, 0.25) is 0 Å². The minimum Gasteiger partial charge on any atom is -0.508 e. The average molecular weight is 250 g/mol. The van der Waals surface area contributed by atoms with Gasteiger partial charge < -0.3 is 20.8 Å². The van der Waals surface area contributed by atoms with Gasteiger partial charge in [0.1, 0.15) is 11.5 Å². The first-order valence-corrected chi connectivity index (χ1v) is 6.11. The molecule has 0 radical (unpaired) electrons. The lowest BCUT2D eigenvalue weighted by atomic mass is 9.94. The van der Waals surface area contributed by atoms with Crippen molar-refractivity contribution in [3.05, 3.63) is 23.8 Å². The van der Waals surface area contributed by atoms with Crippen molar-refractivity contribution < 1.29 is 15.0 Å². The summed E-state index contributed by atoms with van der Waals surface area (Å²) >= 11 is 0. The number of hydrogen-bond acceptors (Lipinski definition) is 4. The molecule has 1 aliphatic rings. The molecule has 2 atom stereocenters. The Morgan fingerprint density at radius 2 is 2.22 bits per heavy atom. The molecule has 2 unspecified atom stereocenters. The molecule has 18 heavy (non-hydrogen) atoms. The molecule has 0 bridgehead atoms. The Hall–Kier alpha value is -1.75. The van der Waals surface area contributed by atoms with Crippen molar-refractivity contribution in [1.82, 2.24) is 10.6 Å². The van der Waals surface area contributed by atoms with Crippen LogP contribution in [-0.4, -0.2) is 35.3 Å². The first kappa shape index (κ1) is 12.7. The smallest absolute Gasteiger partial charge is 0.255 e. The minimum atomic E-state index is -0.357. The first-order chi connectivity index (χ1) is 8.58. The third-order valence-corrected chi connectivity index (χ3v) is 3.37. The summed E-state index contributed by atoms with van der Waals surface area (Å²) in [4.78, 5) is 12.0. The number of carbonyl (C=O) groups excluding carboxylic acids is 1. The quantitative estimate of drug-likeness (QED) is 0.586. The van der Waals surface area contributed by atoms with E-state index in [1.54, 1.807) is 0 Å². The molecule has 1 aromatic carbocycles. The van der Waals surface area contributed by atoms with Gasteiger partial charge in [-0.05, 0) is 37.1 Å². The van der Waals surface area contributed by atoms with Gasteiger partial charge in [0.05, 0.1) is 5.56 Å². The van der Waals surface area contributed by atoms with E-state index in [2.05, 4.69) is 17.6 Å². The number of rotatable bonds is 2. The fourth-order valence-electron chi connectivity index (χ4n) is 2.13. The van der Waals surface area contributed by atoms with E-state index in [9.17, 15) is 15.0 Å². The van der Waals surface area contributed by atoms with Gasteiger partial charge in [-0.15, -0.1) is 0 Å². The van der Waals surface area contributed by atoms with Gasteiger partial charge in [-0.25, -0.2) is 0 Å². The molecule has 0 aliphatic carbocycles. The topological polar surface area (TPSA) is 81.6 Å². The molecule has 4 N–H and O–H groups in total. The van der Waals surface area contributed by atoms with Crippen LogP contribution in [0.5, 0.6) is 11.5 Å². The molecule has 0 spiro atoms. The summed E-state index contributed by atoms with van der Waals surface area (Å²) in [6, 6.07) is 3.97. The summed E-state index contributed by atoms with van der Waals surface area (Å²) in [5.74, 6) is -0.118. The maximum absolute atomic E-state index is 12.0. The molecule has 1 aliphatic heterocycles. The highest BCUT2D eigenvalue weighted by atomic mass is 16.3. The molecular weight excluding hydrogens is 232 g/mol. The van der Waals surface area contributed by atoms with Crippen LogP contribution in [0.25, 0.3) is 0 Å². The second-order valence-electron chi connectivity index (χ2n) is 4.75. The van der Waals surface area contributed by atoms with Crippen molar-refractivity contribution in [2.45, 2.75) is 19.4 Å². The van der Waals surface area contributed by atoms with E-state index < -0.39 is 0 Å². The summed E-state index contributed by atoms with van der Waals surface area (Å²) < 4.78 is 0. The standard InChI is InChI=1S/C13H18N2O3/c1-8-4-5-14-7-11(8)15-13(18)10-6-9(16)2-3-12(10)17/h2-3,6,8,11,14,16-17H,4-5,7H2,1H3,(H,15,18). The van der Waals surface area contributed by atoms with Crippen LogP contribution in [0.3, 0.4) is 0 Å². The van der Waals surface area contributed by atoms with Gasteiger partial charge in [-0.3, -0.25) is 4.79 Å². The maximum Gasteiger partial charge on any atom is 0.255 e. The van der Waals surface area contributed by atoms with Crippen molar-refractivity contribution in [1.29, 1.82) is 0 Å². The summed E-state index contributed by atoms with van der Waals surface area (Å²) in [6.07, 6.45) is 1.01. The number of amides is 1. The fourth-order valence-corrected chi connectivity index (χ4v) is 2.13. The van der Waals surface area contributed by atoms with E-state index in [1.165, 1.54) is 18.2 Å². The van der Waals surface area contributed by atoms with Gasteiger partial charge in [-0.1, -0.05) is 6.92 Å². The maximum atomic E-state index is 12.0. The van der Waals surface area contributed by atoms with Crippen LogP contribution in [0.15, 0.2) is 18.2 Å². The second-order valence-corrected chi connectivity index (χ2v) is 4.75. The number of carbonyl (C=O) groups is 1. The predicted octanol–water partition coefficient (Wildman–Crippen LogP) is 0.826. The van der Waals surface area contributed by atoms with Gasteiger partial charge in [0, 0.05) is 12.6 Å². The number of aromatic hydroxyl groups is 2. The molecule has 1 fully saturated rings.